The summed E-state index contributed by atoms with van der Waals surface area (Å²) in [6.45, 7) is 3.46. The summed E-state index contributed by atoms with van der Waals surface area (Å²) in [5.41, 5.74) is 15.6. The summed E-state index contributed by atoms with van der Waals surface area (Å²) >= 11 is 4.02. The molecule has 5 amide bonds. The molecule has 0 fully saturated rings. The Balaban J connectivity index is 5.30. The van der Waals surface area contributed by atoms with E-state index in [4.69, 9.17) is 17.2 Å². The number of aliphatic carboxylic acids is 1. The smallest absolute Gasteiger partial charge is 0.326 e. The molecule has 0 aliphatic heterocycles. The molecule has 0 radical (unpaired) electrons. The second-order valence-electron chi connectivity index (χ2n) is 7.30. The van der Waals surface area contributed by atoms with Crippen LogP contribution in [-0.4, -0.2) is 70.5 Å². The van der Waals surface area contributed by atoms with Gasteiger partial charge in [-0.1, -0.05) is 20.3 Å². The highest BCUT2D eigenvalue weighted by molar-refractivity contribution is 7.80. The zero-order valence-corrected chi connectivity index (χ0v) is 18.9. The maximum Gasteiger partial charge on any atom is 0.326 e. The number of carbonyl (C=O) groups is 6. The second kappa shape index (κ2) is 14.2. The van der Waals surface area contributed by atoms with Gasteiger partial charge >= 0.3 is 5.97 Å². The van der Waals surface area contributed by atoms with Crippen LogP contribution in [0.25, 0.3) is 0 Å². The lowest BCUT2D eigenvalue weighted by atomic mass is 9.97. The molecule has 0 heterocycles. The summed E-state index contributed by atoms with van der Waals surface area (Å²) in [4.78, 5) is 70.6. The van der Waals surface area contributed by atoms with E-state index in [1.54, 1.807) is 13.8 Å². The Morgan fingerprint density at radius 2 is 1.47 bits per heavy atom. The summed E-state index contributed by atoms with van der Waals surface area (Å²) in [5, 5.41) is 16.3. The number of carboxylic acid groups (broad SMARTS) is 1. The van der Waals surface area contributed by atoms with Gasteiger partial charge in [0.05, 0.1) is 12.5 Å². The molecular formula is C18H32N6O7S. The first-order chi connectivity index (χ1) is 14.8. The quantitative estimate of drug-likeness (QED) is 0.113. The number of hydrogen-bond acceptors (Lipinski definition) is 8. The van der Waals surface area contributed by atoms with Gasteiger partial charge in [0.1, 0.15) is 18.1 Å². The zero-order chi connectivity index (χ0) is 25.0. The molecule has 14 heteroatoms. The summed E-state index contributed by atoms with van der Waals surface area (Å²) < 4.78 is 0. The van der Waals surface area contributed by atoms with Crippen LogP contribution in [0.2, 0.25) is 0 Å². The fourth-order valence-corrected chi connectivity index (χ4v) is 2.80. The Morgan fingerprint density at radius 1 is 0.906 bits per heavy atom. The van der Waals surface area contributed by atoms with Gasteiger partial charge in [-0.25, -0.2) is 4.79 Å². The molecule has 0 aliphatic rings. The van der Waals surface area contributed by atoms with Gasteiger partial charge in [-0.05, 0) is 12.3 Å². The Kier molecular flexibility index (Phi) is 13.0. The minimum atomic E-state index is -1.40. The van der Waals surface area contributed by atoms with Gasteiger partial charge in [0.15, 0.2) is 0 Å². The highest BCUT2D eigenvalue weighted by atomic mass is 32.1. The average Bonchev–Trinajstić information content (AvgIpc) is 2.70. The molecule has 0 aromatic rings. The lowest BCUT2D eigenvalue weighted by Gasteiger charge is -2.27. The van der Waals surface area contributed by atoms with Crippen molar-refractivity contribution in [1.29, 1.82) is 0 Å². The van der Waals surface area contributed by atoms with Gasteiger partial charge in [0, 0.05) is 12.2 Å². The van der Waals surface area contributed by atoms with E-state index in [0.29, 0.717) is 6.42 Å². The SMILES string of the molecule is CCC(C)C(NC(=O)C(N)CC(N)=O)C(=O)NC(CS)C(=O)NC(CCC(N)=O)C(=O)O. The number of nitrogens with one attached hydrogen (secondary N) is 3. The summed E-state index contributed by atoms with van der Waals surface area (Å²) in [6, 6.07) is -4.97. The van der Waals surface area contributed by atoms with E-state index in [1.807, 2.05) is 0 Å². The van der Waals surface area contributed by atoms with Crippen molar-refractivity contribution < 1.29 is 33.9 Å². The number of primary amides is 2. The minimum Gasteiger partial charge on any atom is -0.480 e. The standard InChI is InChI=1S/C18H32N6O7S/c1-3-8(2)14(24-15(27)9(19)6-13(21)26)17(29)23-11(7-32)16(28)22-10(18(30)31)4-5-12(20)25/h8-11,14,32H,3-7,19H2,1-2H3,(H2,20,25)(H2,21,26)(H,22,28)(H,23,29)(H,24,27)(H,30,31). The highest BCUT2D eigenvalue weighted by Gasteiger charge is 2.32. The van der Waals surface area contributed by atoms with E-state index < -0.39 is 66.1 Å². The molecule has 0 aromatic carbocycles. The third-order valence-electron chi connectivity index (χ3n) is 4.66. The van der Waals surface area contributed by atoms with E-state index in [1.165, 1.54) is 0 Å². The van der Waals surface area contributed by atoms with Crippen molar-refractivity contribution >= 4 is 48.1 Å². The largest absolute Gasteiger partial charge is 0.480 e. The minimum absolute atomic E-state index is 0.178. The average molecular weight is 477 g/mol. The monoisotopic (exact) mass is 476 g/mol. The van der Waals surface area contributed by atoms with Crippen LogP contribution in [0.15, 0.2) is 0 Å². The van der Waals surface area contributed by atoms with Gasteiger partial charge in [-0.3, -0.25) is 24.0 Å². The van der Waals surface area contributed by atoms with Crippen molar-refractivity contribution in [3.05, 3.63) is 0 Å². The van der Waals surface area contributed by atoms with Crippen molar-refractivity contribution in [1.82, 2.24) is 16.0 Å². The molecule has 10 N–H and O–H groups in total. The molecule has 182 valence electrons. The predicted molar refractivity (Wildman–Crippen MR) is 117 cm³/mol. The van der Waals surface area contributed by atoms with Crippen LogP contribution in [0, 0.1) is 5.92 Å². The molecule has 0 rings (SSSR count). The normalized spacial score (nSPS) is 15.4. The number of hydrogen-bond donors (Lipinski definition) is 8. The van der Waals surface area contributed by atoms with Crippen LogP contribution in [0.5, 0.6) is 0 Å². The molecule has 5 atom stereocenters. The molecule has 0 aliphatic carbocycles. The van der Waals surface area contributed by atoms with Gasteiger partial charge in [0.25, 0.3) is 0 Å². The van der Waals surface area contributed by atoms with E-state index >= 15 is 0 Å². The van der Waals surface area contributed by atoms with Crippen LogP contribution in [0.3, 0.4) is 0 Å². The first-order valence-corrected chi connectivity index (χ1v) is 10.5. The Morgan fingerprint density at radius 3 is 1.91 bits per heavy atom. The third kappa shape index (κ3) is 10.4. The Bertz CT molecular complexity index is 720. The third-order valence-corrected chi connectivity index (χ3v) is 5.03. The number of carboxylic acids is 1. The molecule has 0 saturated carbocycles. The van der Waals surface area contributed by atoms with Gasteiger partial charge in [0.2, 0.25) is 29.5 Å². The van der Waals surface area contributed by atoms with E-state index in [9.17, 15) is 33.9 Å². The van der Waals surface area contributed by atoms with E-state index in [0.717, 1.165) is 0 Å². The van der Waals surface area contributed by atoms with Gasteiger partial charge in [-0.2, -0.15) is 12.6 Å². The Labute approximate surface area is 191 Å². The maximum atomic E-state index is 12.8. The molecule has 0 bridgehead atoms. The summed E-state index contributed by atoms with van der Waals surface area (Å²) in [7, 11) is 0. The zero-order valence-electron chi connectivity index (χ0n) is 18.0. The molecule has 13 nitrogen and oxygen atoms in total. The van der Waals surface area contributed by atoms with E-state index in [-0.39, 0.29) is 24.5 Å². The van der Waals surface area contributed by atoms with Crippen LogP contribution < -0.4 is 33.2 Å². The van der Waals surface area contributed by atoms with Gasteiger partial charge < -0.3 is 38.3 Å². The van der Waals surface area contributed by atoms with Crippen LogP contribution in [0.4, 0.5) is 0 Å². The predicted octanol–water partition coefficient (Wildman–Crippen LogP) is -3.03. The summed E-state index contributed by atoms with van der Waals surface area (Å²) in [6.07, 6.45) is -0.421. The number of amides is 5. The second-order valence-corrected chi connectivity index (χ2v) is 7.66. The number of thiol groups is 1. The molecule has 5 unspecified atom stereocenters. The van der Waals surface area contributed by atoms with E-state index in [2.05, 4.69) is 28.6 Å². The highest BCUT2D eigenvalue weighted by Crippen LogP contribution is 2.09. The van der Waals surface area contributed by atoms with Crippen molar-refractivity contribution in [2.45, 2.75) is 63.7 Å². The molecule has 0 saturated heterocycles. The summed E-state index contributed by atoms with van der Waals surface area (Å²) in [5.74, 6) is -5.78. The number of rotatable bonds is 15. The first-order valence-electron chi connectivity index (χ1n) is 9.90. The molecular weight excluding hydrogens is 444 g/mol. The molecule has 32 heavy (non-hydrogen) atoms. The fraction of sp³-hybridized carbons (Fsp3) is 0.667. The number of carbonyl (C=O) groups excluding carboxylic acids is 5. The van der Waals surface area contributed by atoms with Crippen molar-refractivity contribution in [2.75, 3.05) is 5.75 Å². The van der Waals surface area contributed by atoms with Crippen LogP contribution in [-0.2, 0) is 28.8 Å². The first kappa shape index (κ1) is 29.1. The van der Waals surface area contributed by atoms with Crippen LogP contribution in [0.1, 0.15) is 39.5 Å². The van der Waals surface area contributed by atoms with Crippen LogP contribution >= 0.6 is 12.6 Å². The molecule has 0 aromatic heterocycles. The lowest BCUT2D eigenvalue weighted by molar-refractivity contribution is -0.142. The lowest BCUT2D eigenvalue weighted by Crippen LogP contribution is -2.59. The van der Waals surface area contributed by atoms with Crippen molar-refractivity contribution in [2.24, 2.45) is 23.1 Å². The Hall–Kier alpha value is -2.87. The van der Waals surface area contributed by atoms with Gasteiger partial charge in [-0.15, -0.1) is 0 Å². The number of nitrogens with two attached hydrogens (primary N) is 3. The molecule has 0 spiro atoms. The topological polar surface area (TPSA) is 237 Å². The fourth-order valence-electron chi connectivity index (χ4n) is 2.54. The maximum absolute atomic E-state index is 12.8. The van der Waals surface area contributed by atoms with Crippen molar-refractivity contribution in [3.63, 3.8) is 0 Å². The van der Waals surface area contributed by atoms with Crippen molar-refractivity contribution in [3.8, 4) is 0 Å².